The van der Waals surface area contributed by atoms with Gasteiger partial charge in [0.15, 0.2) is 5.82 Å². The van der Waals surface area contributed by atoms with Crippen LogP contribution in [0.25, 0.3) is 0 Å². The first kappa shape index (κ1) is 14.7. The molecule has 2 aromatic rings. The number of nitrogens with one attached hydrogen (secondary N) is 1. The summed E-state index contributed by atoms with van der Waals surface area (Å²) in [6, 6.07) is 0. The zero-order valence-electron chi connectivity index (χ0n) is 13.0. The van der Waals surface area contributed by atoms with Crippen LogP contribution < -0.4 is 0 Å². The van der Waals surface area contributed by atoms with Gasteiger partial charge in [0.05, 0.1) is 24.9 Å². The van der Waals surface area contributed by atoms with Gasteiger partial charge in [-0.3, -0.25) is 14.6 Å². The highest BCUT2D eigenvalue weighted by Gasteiger charge is 2.29. The summed E-state index contributed by atoms with van der Waals surface area (Å²) < 4.78 is 7.42. The maximum absolute atomic E-state index is 12.6. The molecule has 0 aliphatic carbocycles. The van der Waals surface area contributed by atoms with Crippen LogP contribution in [0.5, 0.6) is 0 Å². The lowest BCUT2D eigenvalue weighted by molar-refractivity contribution is -0.0267. The maximum Gasteiger partial charge on any atom is 0.257 e. The number of aromatic nitrogens is 5. The normalized spacial score (nSPS) is 18.7. The zero-order valence-corrected chi connectivity index (χ0v) is 13.0. The number of H-pyrrole nitrogens is 1. The Bertz CT molecular complexity index is 677. The predicted molar refractivity (Wildman–Crippen MR) is 78.3 cm³/mol. The number of nitrogens with zero attached hydrogens (tertiary/aromatic N) is 5. The Kier molecular flexibility index (Phi) is 3.93. The first-order valence-corrected chi connectivity index (χ1v) is 7.40. The van der Waals surface area contributed by atoms with Crippen LogP contribution in [-0.4, -0.2) is 55.5 Å². The molecule has 118 valence electrons. The van der Waals surface area contributed by atoms with Gasteiger partial charge in [-0.15, -0.1) is 0 Å². The summed E-state index contributed by atoms with van der Waals surface area (Å²) in [7, 11) is 1.83. The molecular formula is C14H20N6O2. The monoisotopic (exact) mass is 304 g/mol. The zero-order chi connectivity index (χ0) is 15.7. The minimum absolute atomic E-state index is 0.0230. The lowest BCUT2D eigenvalue weighted by Crippen LogP contribution is -2.42. The van der Waals surface area contributed by atoms with Gasteiger partial charge in [-0.2, -0.15) is 10.2 Å². The van der Waals surface area contributed by atoms with Gasteiger partial charge >= 0.3 is 0 Å². The van der Waals surface area contributed by atoms with E-state index in [9.17, 15) is 4.79 Å². The van der Waals surface area contributed by atoms with E-state index < -0.39 is 0 Å². The Balaban J connectivity index is 1.75. The van der Waals surface area contributed by atoms with E-state index in [0.29, 0.717) is 31.1 Å². The van der Waals surface area contributed by atoms with Crippen molar-refractivity contribution in [2.24, 2.45) is 7.05 Å². The minimum atomic E-state index is -0.286. The van der Waals surface area contributed by atoms with E-state index >= 15 is 0 Å². The fourth-order valence-electron chi connectivity index (χ4n) is 2.48. The van der Waals surface area contributed by atoms with Crippen LogP contribution in [0.1, 0.15) is 40.7 Å². The van der Waals surface area contributed by atoms with E-state index in [1.807, 2.05) is 20.9 Å². The molecule has 1 atom stereocenters. The standard InChI is InChI=1S/C14H20N6O2/c1-4-12-16-13(18-17-12)11-8-20(5-6-22-11)14(21)10-7-15-19(3)9(10)2/h7,11H,4-6,8H2,1-3H3,(H,16,17,18). The van der Waals surface area contributed by atoms with Crippen LogP contribution in [0.2, 0.25) is 0 Å². The number of amides is 1. The van der Waals surface area contributed by atoms with E-state index in [-0.39, 0.29) is 12.0 Å². The van der Waals surface area contributed by atoms with Crippen molar-refractivity contribution in [2.45, 2.75) is 26.4 Å². The van der Waals surface area contributed by atoms with Crippen molar-refractivity contribution in [1.82, 2.24) is 29.9 Å². The molecule has 1 N–H and O–H groups in total. The summed E-state index contributed by atoms with van der Waals surface area (Å²) in [6.45, 7) is 5.39. The van der Waals surface area contributed by atoms with E-state index in [2.05, 4.69) is 20.3 Å². The maximum atomic E-state index is 12.6. The fraction of sp³-hybridized carbons (Fsp3) is 0.571. The number of carbonyl (C=O) groups excluding carboxylic acids is 1. The van der Waals surface area contributed by atoms with Crippen LogP contribution in [-0.2, 0) is 18.2 Å². The molecule has 1 aliphatic heterocycles. The minimum Gasteiger partial charge on any atom is -0.366 e. The molecule has 1 saturated heterocycles. The highest BCUT2D eigenvalue weighted by Crippen LogP contribution is 2.21. The molecular weight excluding hydrogens is 284 g/mol. The second-order valence-electron chi connectivity index (χ2n) is 5.37. The number of hydrogen-bond donors (Lipinski definition) is 1. The summed E-state index contributed by atoms with van der Waals surface area (Å²) >= 11 is 0. The van der Waals surface area contributed by atoms with Gasteiger partial charge in [0, 0.05) is 25.7 Å². The second kappa shape index (κ2) is 5.88. The average molecular weight is 304 g/mol. The van der Waals surface area contributed by atoms with Gasteiger partial charge in [-0.05, 0) is 6.92 Å². The SMILES string of the molecule is CCc1nc(C2CN(C(=O)c3cnn(C)c3C)CCO2)n[nH]1. The number of aromatic amines is 1. The molecule has 0 aromatic carbocycles. The Morgan fingerprint density at radius 1 is 1.55 bits per heavy atom. The summed E-state index contributed by atoms with van der Waals surface area (Å²) in [6.07, 6.45) is 2.12. The number of rotatable bonds is 3. The molecule has 0 spiro atoms. The molecule has 8 nitrogen and oxygen atoms in total. The number of carbonyl (C=O) groups is 1. The molecule has 3 heterocycles. The van der Waals surface area contributed by atoms with Crippen LogP contribution >= 0.6 is 0 Å². The molecule has 1 amide bonds. The number of ether oxygens (including phenoxy) is 1. The first-order valence-electron chi connectivity index (χ1n) is 7.40. The van der Waals surface area contributed by atoms with E-state index in [1.165, 1.54) is 0 Å². The third-order valence-electron chi connectivity index (χ3n) is 3.99. The van der Waals surface area contributed by atoms with Crippen molar-refractivity contribution in [1.29, 1.82) is 0 Å². The fourth-order valence-corrected chi connectivity index (χ4v) is 2.48. The van der Waals surface area contributed by atoms with Crippen molar-refractivity contribution < 1.29 is 9.53 Å². The smallest absolute Gasteiger partial charge is 0.257 e. The van der Waals surface area contributed by atoms with Gasteiger partial charge in [0.25, 0.3) is 5.91 Å². The second-order valence-corrected chi connectivity index (χ2v) is 5.37. The molecule has 22 heavy (non-hydrogen) atoms. The summed E-state index contributed by atoms with van der Waals surface area (Å²) in [5, 5.41) is 11.2. The molecule has 1 fully saturated rings. The van der Waals surface area contributed by atoms with E-state index in [0.717, 1.165) is 17.9 Å². The van der Waals surface area contributed by atoms with E-state index in [4.69, 9.17) is 4.74 Å². The van der Waals surface area contributed by atoms with Gasteiger partial charge < -0.3 is 9.64 Å². The van der Waals surface area contributed by atoms with Crippen LogP contribution in [0.3, 0.4) is 0 Å². The molecule has 2 aromatic heterocycles. The Morgan fingerprint density at radius 3 is 3.00 bits per heavy atom. The van der Waals surface area contributed by atoms with Crippen molar-refractivity contribution >= 4 is 5.91 Å². The highest BCUT2D eigenvalue weighted by molar-refractivity contribution is 5.95. The molecule has 1 aliphatic rings. The van der Waals surface area contributed by atoms with Crippen LogP contribution in [0, 0.1) is 6.92 Å². The molecule has 0 saturated carbocycles. The lowest BCUT2D eigenvalue weighted by Gasteiger charge is -2.31. The summed E-state index contributed by atoms with van der Waals surface area (Å²) in [5.41, 5.74) is 1.49. The lowest BCUT2D eigenvalue weighted by atomic mass is 10.2. The van der Waals surface area contributed by atoms with Gasteiger partial charge in [0.2, 0.25) is 0 Å². The molecule has 1 unspecified atom stereocenters. The Hall–Kier alpha value is -2.22. The Labute approximate surface area is 128 Å². The van der Waals surface area contributed by atoms with Crippen LogP contribution in [0.4, 0.5) is 0 Å². The first-order chi connectivity index (χ1) is 10.6. The van der Waals surface area contributed by atoms with Crippen molar-refractivity contribution in [3.8, 4) is 0 Å². The highest BCUT2D eigenvalue weighted by atomic mass is 16.5. The Morgan fingerprint density at radius 2 is 2.36 bits per heavy atom. The van der Waals surface area contributed by atoms with E-state index in [1.54, 1.807) is 15.8 Å². The predicted octanol–water partition coefficient (Wildman–Crippen LogP) is 0.623. The number of hydrogen-bond acceptors (Lipinski definition) is 5. The van der Waals surface area contributed by atoms with Gasteiger partial charge in [0.1, 0.15) is 11.9 Å². The quantitative estimate of drug-likeness (QED) is 0.898. The van der Waals surface area contributed by atoms with Crippen LogP contribution in [0.15, 0.2) is 6.20 Å². The summed E-state index contributed by atoms with van der Waals surface area (Å²) in [5.74, 6) is 1.41. The third-order valence-corrected chi connectivity index (χ3v) is 3.99. The van der Waals surface area contributed by atoms with Crippen molar-refractivity contribution in [3.05, 3.63) is 29.1 Å². The number of aryl methyl sites for hydroxylation is 2. The number of morpholine rings is 1. The third kappa shape index (κ3) is 2.61. The van der Waals surface area contributed by atoms with Gasteiger partial charge in [-0.1, -0.05) is 6.92 Å². The molecule has 8 heteroatoms. The molecule has 0 radical (unpaired) electrons. The molecule has 0 bridgehead atoms. The topological polar surface area (TPSA) is 88.9 Å². The van der Waals surface area contributed by atoms with Crippen molar-refractivity contribution in [3.63, 3.8) is 0 Å². The molecule has 3 rings (SSSR count). The largest absolute Gasteiger partial charge is 0.366 e. The van der Waals surface area contributed by atoms with Gasteiger partial charge in [-0.25, -0.2) is 4.98 Å². The summed E-state index contributed by atoms with van der Waals surface area (Å²) in [4.78, 5) is 18.8. The average Bonchev–Trinajstić information content (AvgIpc) is 3.15. The van der Waals surface area contributed by atoms with Crippen molar-refractivity contribution in [2.75, 3.05) is 19.7 Å².